The van der Waals surface area contributed by atoms with Gasteiger partial charge >= 0.3 is 14.7 Å². The van der Waals surface area contributed by atoms with Crippen molar-refractivity contribution in [2.45, 2.75) is 70.9 Å². The topological polar surface area (TPSA) is 122 Å². The predicted molar refractivity (Wildman–Crippen MR) is 198 cm³/mol. The summed E-state index contributed by atoms with van der Waals surface area (Å²) in [7, 11) is -2.15. The van der Waals surface area contributed by atoms with Crippen molar-refractivity contribution in [3.05, 3.63) is 113 Å². The lowest BCUT2D eigenvalue weighted by Crippen LogP contribution is -2.51. The molecule has 0 unspecified atom stereocenters. The number of carbonyl (C=O) groups excluding carboxylic acids is 2. The molecule has 4 rings (SSSR count). The summed E-state index contributed by atoms with van der Waals surface area (Å²) in [6, 6.07) is 28.5. The number of hydrogen-bond donors (Lipinski definition) is 0. The number of ether oxygens (including phenoxy) is 5. The van der Waals surface area contributed by atoms with Gasteiger partial charge in [0.15, 0.2) is 19.8 Å². The first-order valence-electron chi connectivity index (χ1n) is 16.5. The van der Waals surface area contributed by atoms with E-state index in [9.17, 15) is 14.7 Å². The lowest BCUT2D eigenvalue weighted by Gasteiger charge is -2.39. The maximum absolute atomic E-state index is 12.8. The first-order valence-corrected chi connectivity index (χ1v) is 22.5. The lowest BCUT2D eigenvalue weighted by atomic mass is 9.78. The van der Waals surface area contributed by atoms with E-state index in [1.54, 1.807) is 42.5 Å². The van der Waals surface area contributed by atoms with Crippen LogP contribution in [0.5, 0.6) is 28.7 Å². The van der Waals surface area contributed by atoms with Crippen molar-refractivity contribution in [2.75, 3.05) is 14.2 Å². The van der Waals surface area contributed by atoms with Crippen LogP contribution in [0.25, 0.3) is 0 Å². The third kappa shape index (κ3) is 10.5. The molecule has 272 valence electrons. The highest BCUT2D eigenvalue weighted by atomic mass is 28.4. The molecule has 0 N–H and O–H groups in total. The summed E-state index contributed by atoms with van der Waals surface area (Å²) >= 11 is 0. The summed E-state index contributed by atoms with van der Waals surface area (Å²) in [4.78, 5) is 23.7. The van der Waals surface area contributed by atoms with Gasteiger partial charge in [0, 0.05) is 5.41 Å². The van der Waals surface area contributed by atoms with Gasteiger partial charge in [-0.25, -0.2) is 4.79 Å². The van der Waals surface area contributed by atoms with E-state index < -0.39 is 34.8 Å². The highest BCUT2D eigenvalue weighted by Gasteiger charge is 2.40. The lowest BCUT2D eigenvalue weighted by molar-refractivity contribution is -0.271. The minimum absolute atomic E-state index is 0.0683. The Kier molecular flexibility index (Phi) is 12.1. The van der Waals surface area contributed by atoms with Crippen LogP contribution in [0.3, 0.4) is 0 Å². The van der Waals surface area contributed by atoms with Crippen molar-refractivity contribution >= 4 is 29.2 Å². The van der Waals surface area contributed by atoms with Gasteiger partial charge in [0.2, 0.25) is 0 Å². The fraction of sp³-hybridized carbons (Fsp3) is 0.333. The Morgan fingerprint density at radius 1 is 0.647 bits per heavy atom. The second-order valence-corrected chi connectivity index (χ2v) is 21.9. The molecule has 0 fully saturated rings. The Bertz CT molecular complexity index is 1820. The molecule has 10 nitrogen and oxygen atoms in total. The average Bonchev–Trinajstić information content (AvgIpc) is 3.04. The molecule has 0 radical (unpaired) electrons. The Labute approximate surface area is 302 Å². The molecule has 0 aromatic heterocycles. The Morgan fingerprint density at radius 3 is 1.80 bits per heavy atom. The normalized spacial score (nSPS) is 12.2. The van der Waals surface area contributed by atoms with Crippen LogP contribution in [-0.2, 0) is 25.6 Å². The number of carboxylic acid groups (broad SMARTS) is 1. The monoisotopic (exact) mass is 731 g/mol. The van der Waals surface area contributed by atoms with E-state index in [-0.39, 0.29) is 16.9 Å². The maximum atomic E-state index is 12.8. The van der Waals surface area contributed by atoms with E-state index in [1.807, 2.05) is 63.3 Å². The van der Waals surface area contributed by atoms with Crippen LogP contribution in [0.1, 0.15) is 49.9 Å². The van der Waals surface area contributed by atoms with E-state index in [4.69, 9.17) is 32.2 Å². The Balaban J connectivity index is 1.40. The van der Waals surface area contributed by atoms with E-state index in [0.717, 1.165) is 16.7 Å². The van der Waals surface area contributed by atoms with Gasteiger partial charge in [-0.05, 0) is 105 Å². The summed E-state index contributed by atoms with van der Waals surface area (Å²) in [5.74, 6) is 1.27. The minimum Gasteiger partial charge on any atom is -0.510 e. The summed E-state index contributed by atoms with van der Waals surface area (Å²) < 4.78 is 40.1. The summed E-state index contributed by atoms with van der Waals surface area (Å²) in [6.07, 6.45) is -2.55. The highest BCUT2D eigenvalue weighted by Crippen LogP contribution is 2.38. The second kappa shape index (κ2) is 15.7. The van der Waals surface area contributed by atoms with Gasteiger partial charge in [-0.2, -0.15) is 0 Å². The first kappa shape index (κ1) is 39.2. The van der Waals surface area contributed by atoms with Crippen molar-refractivity contribution in [1.82, 2.24) is 0 Å². The van der Waals surface area contributed by atoms with Crippen molar-refractivity contribution in [3.63, 3.8) is 0 Å². The predicted octanol–water partition coefficient (Wildman–Crippen LogP) is 8.29. The zero-order valence-electron chi connectivity index (χ0n) is 30.9. The maximum Gasteiger partial charge on any atom is 0.519 e. The van der Waals surface area contributed by atoms with E-state index in [1.165, 1.54) is 19.8 Å². The van der Waals surface area contributed by atoms with Gasteiger partial charge in [-0.3, -0.25) is 0 Å². The molecule has 0 aliphatic heterocycles. The number of methoxy groups -OCH3 is 2. The third-order valence-corrected chi connectivity index (χ3v) is 14.8. The molecule has 4 aromatic rings. The Morgan fingerprint density at radius 2 is 1.20 bits per heavy atom. The third-order valence-electron chi connectivity index (χ3n) is 8.40. The first-order chi connectivity index (χ1) is 23.8. The molecular formula is C39H47O10Si2-. The average molecular weight is 732 g/mol. The van der Waals surface area contributed by atoms with E-state index in [0.29, 0.717) is 23.3 Å². The van der Waals surface area contributed by atoms with Crippen molar-refractivity contribution in [2.24, 2.45) is 0 Å². The molecule has 4 aromatic carbocycles. The fourth-order valence-corrected chi connectivity index (χ4v) is 14.5. The molecule has 0 saturated carbocycles. The van der Waals surface area contributed by atoms with Crippen LogP contribution < -0.4 is 28.8 Å². The van der Waals surface area contributed by atoms with Crippen LogP contribution in [-0.4, -0.2) is 43.4 Å². The molecule has 0 bridgehead atoms. The summed E-state index contributed by atoms with van der Waals surface area (Å²) in [5.41, 5.74) is 2.97. The van der Waals surface area contributed by atoms with Crippen LogP contribution in [0.15, 0.2) is 91.0 Å². The molecule has 0 saturated heterocycles. The SMILES string of the molecule is COc1cc(C[Si](C)(C)O[Si](C)(C)OC(C)(C)c2ccc(OC(=O)Oc3ccc(C(C)(C)c4ccccc4)cc3)c(OC)c2)ccc1OC(=O)[O-]. The minimum atomic E-state index is -2.74. The van der Waals surface area contributed by atoms with Gasteiger partial charge in [0.05, 0.1) is 25.6 Å². The van der Waals surface area contributed by atoms with Crippen LogP contribution in [0.4, 0.5) is 9.59 Å². The van der Waals surface area contributed by atoms with Gasteiger partial charge in [0.1, 0.15) is 11.5 Å². The standard InChI is InChI=1S/C39H48O10Si2/c1-38(2,28-14-12-11-13-15-28)29-17-20-31(21-18-29)45-37(42)47-33-23-19-30(25-35(33)44-6)39(3,4)48-51(9,10)49-50(7,8)26-27-16-22-32(46-36(40)41)34(24-27)43-5/h11-25H,26H2,1-10H3,(H,40,41)/p-1. The highest BCUT2D eigenvalue weighted by molar-refractivity contribution is 6.81. The molecule has 0 heterocycles. The quantitative estimate of drug-likeness (QED) is 0.0712. The number of rotatable bonds is 14. The molecule has 0 atom stereocenters. The molecule has 0 amide bonds. The number of hydrogen-bond acceptors (Lipinski definition) is 10. The zero-order valence-corrected chi connectivity index (χ0v) is 32.9. The molecule has 0 aliphatic carbocycles. The number of benzene rings is 4. The smallest absolute Gasteiger partial charge is 0.510 e. The zero-order chi connectivity index (χ0) is 37.6. The van der Waals surface area contributed by atoms with Crippen LogP contribution >= 0.6 is 0 Å². The molecular weight excluding hydrogens is 685 g/mol. The molecule has 12 heteroatoms. The molecule has 51 heavy (non-hydrogen) atoms. The second-order valence-electron chi connectivity index (χ2n) is 14.2. The largest absolute Gasteiger partial charge is 0.519 e. The summed E-state index contributed by atoms with van der Waals surface area (Å²) in [5, 5.41) is 10.9. The van der Waals surface area contributed by atoms with Crippen molar-refractivity contribution in [3.8, 4) is 28.7 Å². The molecule has 0 spiro atoms. The van der Waals surface area contributed by atoms with Gasteiger partial charge < -0.3 is 42.1 Å². The molecule has 0 aliphatic rings. The van der Waals surface area contributed by atoms with Gasteiger partial charge in [-0.1, -0.05) is 68.4 Å². The fourth-order valence-electron chi connectivity index (χ4n) is 6.18. The van der Waals surface area contributed by atoms with E-state index >= 15 is 0 Å². The van der Waals surface area contributed by atoms with Crippen molar-refractivity contribution < 1.29 is 46.9 Å². The Hall–Kier alpha value is -4.63. The van der Waals surface area contributed by atoms with Crippen LogP contribution in [0.2, 0.25) is 26.2 Å². The van der Waals surface area contributed by atoms with Crippen LogP contribution in [0, 0.1) is 0 Å². The van der Waals surface area contributed by atoms with E-state index in [2.05, 4.69) is 39.1 Å². The number of carbonyl (C=O) groups is 2. The van der Waals surface area contributed by atoms with Gasteiger partial charge in [-0.15, -0.1) is 0 Å². The van der Waals surface area contributed by atoms with Crippen molar-refractivity contribution in [1.29, 1.82) is 0 Å². The summed E-state index contributed by atoms with van der Waals surface area (Å²) in [6.45, 7) is 16.4. The van der Waals surface area contributed by atoms with Gasteiger partial charge in [0.25, 0.3) is 6.16 Å².